The van der Waals surface area contributed by atoms with Crippen molar-refractivity contribution >= 4 is 40.3 Å². The van der Waals surface area contributed by atoms with Crippen LogP contribution in [0.5, 0.6) is 0 Å². The van der Waals surface area contributed by atoms with Crippen LogP contribution in [0.2, 0.25) is 0 Å². The monoisotopic (exact) mass is 332 g/mol. The van der Waals surface area contributed by atoms with E-state index in [1.807, 2.05) is 11.5 Å². The van der Waals surface area contributed by atoms with Gasteiger partial charge in [0.1, 0.15) is 5.00 Å². The fraction of sp³-hybridized carbons (Fsp3) is 0.286. The maximum atomic E-state index is 11.3. The number of imidazole rings is 1. The lowest BCUT2D eigenvalue weighted by atomic mass is 9.99. The fourth-order valence-corrected chi connectivity index (χ4v) is 3.61. The van der Waals surface area contributed by atoms with Crippen LogP contribution in [0.4, 0.5) is 11.1 Å². The molecule has 0 saturated heterocycles. The zero-order chi connectivity index (χ0) is 16.7. The van der Waals surface area contributed by atoms with Crippen LogP contribution in [0.3, 0.4) is 0 Å². The number of nitrogens with zero attached hydrogens (tertiary/aromatic N) is 3. The Morgan fingerprint density at radius 3 is 2.74 bits per heavy atom. The third kappa shape index (κ3) is 2.70. The molecule has 5 N–H and O–H groups in total. The van der Waals surface area contributed by atoms with Crippen molar-refractivity contribution in [3.05, 3.63) is 22.7 Å². The first kappa shape index (κ1) is 15.2. The molecule has 0 atom stereocenters. The third-order valence-electron chi connectivity index (χ3n) is 3.55. The molecule has 9 heteroatoms. The predicted octanol–water partition coefficient (Wildman–Crippen LogP) is 0.993. The van der Waals surface area contributed by atoms with Gasteiger partial charge in [-0.3, -0.25) is 14.2 Å². The molecule has 2 heterocycles. The van der Waals surface area contributed by atoms with Gasteiger partial charge >= 0.3 is 0 Å². The summed E-state index contributed by atoms with van der Waals surface area (Å²) in [4.78, 5) is 31.2. The van der Waals surface area contributed by atoms with E-state index >= 15 is 0 Å². The number of nitrogens with one attached hydrogen (secondary N) is 1. The Balaban J connectivity index is 2.08. The molecule has 2 aromatic rings. The number of thiazole rings is 1. The van der Waals surface area contributed by atoms with Crippen molar-refractivity contribution in [1.29, 1.82) is 0 Å². The molecule has 0 unspecified atom stereocenters. The van der Waals surface area contributed by atoms with Crippen LogP contribution in [-0.4, -0.2) is 26.3 Å². The van der Waals surface area contributed by atoms with E-state index in [0.717, 1.165) is 16.4 Å². The Morgan fingerprint density at radius 1 is 1.35 bits per heavy atom. The summed E-state index contributed by atoms with van der Waals surface area (Å²) in [5, 5.41) is 3.98. The number of hydrogen-bond donors (Lipinski definition) is 3. The molecule has 0 aliphatic heterocycles. The number of aryl methyl sites for hydroxylation is 1. The zero-order valence-electron chi connectivity index (χ0n) is 12.7. The lowest BCUT2D eigenvalue weighted by Crippen LogP contribution is -2.17. The van der Waals surface area contributed by atoms with E-state index in [4.69, 9.17) is 11.5 Å². The van der Waals surface area contributed by atoms with E-state index in [2.05, 4.69) is 15.3 Å². The van der Waals surface area contributed by atoms with Gasteiger partial charge in [-0.1, -0.05) is 11.3 Å². The summed E-state index contributed by atoms with van der Waals surface area (Å²) in [7, 11) is 0. The highest BCUT2D eigenvalue weighted by atomic mass is 32.1. The van der Waals surface area contributed by atoms with Crippen molar-refractivity contribution in [3.63, 3.8) is 0 Å². The van der Waals surface area contributed by atoms with Crippen LogP contribution in [0, 0.1) is 6.92 Å². The average Bonchev–Trinajstić information content (AvgIpc) is 2.96. The number of aromatic nitrogens is 3. The number of hydrogen-bond acceptors (Lipinski definition) is 6. The molecule has 120 valence electrons. The zero-order valence-corrected chi connectivity index (χ0v) is 13.5. The average molecular weight is 332 g/mol. The van der Waals surface area contributed by atoms with Crippen molar-refractivity contribution < 1.29 is 9.59 Å². The highest BCUT2D eigenvalue weighted by molar-refractivity contribution is 7.18. The molecule has 1 aliphatic carbocycles. The summed E-state index contributed by atoms with van der Waals surface area (Å²) in [5.74, 6) is -0.302. The van der Waals surface area contributed by atoms with Gasteiger partial charge in [0, 0.05) is 12.5 Å². The topological polar surface area (TPSA) is 129 Å². The summed E-state index contributed by atoms with van der Waals surface area (Å²) >= 11 is 1.33. The number of primary amides is 1. The van der Waals surface area contributed by atoms with Gasteiger partial charge in [-0.2, -0.15) is 0 Å². The van der Waals surface area contributed by atoms with E-state index in [9.17, 15) is 9.59 Å². The normalized spacial score (nSPS) is 13.4. The lowest BCUT2D eigenvalue weighted by Gasteiger charge is -2.13. The maximum Gasteiger partial charge on any atom is 0.244 e. The van der Waals surface area contributed by atoms with Gasteiger partial charge in [0.25, 0.3) is 0 Å². The summed E-state index contributed by atoms with van der Waals surface area (Å²) < 4.78 is 1.82. The molecule has 23 heavy (non-hydrogen) atoms. The van der Waals surface area contributed by atoms with E-state index in [1.165, 1.54) is 18.3 Å². The predicted molar refractivity (Wildman–Crippen MR) is 88.2 cm³/mol. The summed E-state index contributed by atoms with van der Waals surface area (Å²) in [6.07, 6.45) is 2.84. The largest absolute Gasteiger partial charge is 0.369 e. The molecule has 2 aromatic heterocycles. The van der Waals surface area contributed by atoms with Crippen LogP contribution in [0.1, 0.15) is 30.4 Å². The van der Waals surface area contributed by atoms with Gasteiger partial charge in [-0.05, 0) is 25.8 Å². The molecule has 0 aromatic carbocycles. The molecule has 3 rings (SSSR count). The highest BCUT2D eigenvalue weighted by Crippen LogP contribution is 2.34. The first-order chi connectivity index (χ1) is 10.9. The lowest BCUT2D eigenvalue weighted by molar-refractivity contribution is -0.115. The van der Waals surface area contributed by atoms with Crippen LogP contribution in [0.15, 0.2) is 5.57 Å². The molecule has 2 amide bonds. The summed E-state index contributed by atoms with van der Waals surface area (Å²) in [6, 6.07) is 0. The Hall–Kier alpha value is -2.68. The van der Waals surface area contributed by atoms with Gasteiger partial charge in [0.2, 0.25) is 17.8 Å². The van der Waals surface area contributed by atoms with Crippen molar-refractivity contribution in [2.24, 2.45) is 5.73 Å². The van der Waals surface area contributed by atoms with E-state index in [0.29, 0.717) is 35.2 Å². The Labute approximate surface area is 136 Å². The minimum absolute atomic E-state index is 0.181. The minimum Gasteiger partial charge on any atom is -0.369 e. The van der Waals surface area contributed by atoms with Crippen LogP contribution in [0.25, 0.3) is 11.1 Å². The molecule has 0 fully saturated rings. The highest BCUT2D eigenvalue weighted by Gasteiger charge is 2.24. The van der Waals surface area contributed by atoms with Gasteiger partial charge in [0.05, 0.1) is 17.1 Å². The first-order valence-corrected chi connectivity index (χ1v) is 7.81. The number of carbonyl (C=O) groups is 2. The SMILES string of the molecule is CC(=O)Nc1nc(C)c(-n2c(N)nc3c2CCC(C(N)=O)=C3)s1. The number of rotatable bonds is 3. The van der Waals surface area contributed by atoms with Crippen molar-refractivity contribution in [2.75, 3.05) is 11.1 Å². The number of amides is 2. The number of nitrogen functional groups attached to an aromatic ring is 1. The van der Waals surface area contributed by atoms with E-state index < -0.39 is 5.91 Å². The van der Waals surface area contributed by atoms with Gasteiger partial charge < -0.3 is 16.8 Å². The molecule has 0 radical (unpaired) electrons. The molecule has 0 spiro atoms. The van der Waals surface area contributed by atoms with Gasteiger partial charge in [0.15, 0.2) is 5.13 Å². The molecule has 1 aliphatic rings. The third-order valence-corrected chi connectivity index (χ3v) is 4.60. The standard InChI is InChI=1S/C14H16N6O2S/c1-6-12(23-14(17-6)18-7(2)21)20-10-4-3-8(11(15)22)5-9(10)19-13(20)16/h5H,3-4H2,1-2H3,(H2,15,22)(H2,16,19)(H,17,18,21). The first-order valence-electron chi connectivity index (χ1n) is 6.99. The molecule has 8 nitrogen and oxygen atoms in total. The van der Waals surface area contributed by atoms with Crippen LogP contribution in [-0.2, 0) is 16.0 Å². The second-order valence-corrected chi connectivity index (χ2v) is 6.24. The van der Waals surface area contributed by atoms with Crippen LogP contribution < -0.4 is 16.8 Å². The maximum absolute atomic E-state index is 11.3. The van der Waals surface area contributed by atoms with Gasteiger partial charge in [-0.25, -0.2) is 9.97 Å². The minimum atomic E-state index is -0.439. The fourth-order valence-electron chi connectivity index (χ4n) is 2.56. The molecular weight excluding hydrogens is 316 g/mol. The Morgan fingerprint density at radius 2 is 2.09 bits per heavy atom. The molecule has 0 bridgehead atoms. The van der Waals surface area contributed by atoms with Crippen molar-refractivity contribution in [3.8, 4) is 5.00 Å². The number of nitrogens with two attached hydrogens (primary N) is 2. The number of anilines is 2. The summed E-state index contributed by atoms with van der Waals surface area (Å²) in [6.45, 7) is 3.27. The second kappa shape index (κ2) is 5.51. The molecular formula is C14H16N6O2S. The quantitative estimate of drug-likeness (QED) is 0.772. The second-order valence-electron chi connectivity index (χ2n) is 5.26. The van der Waals surface area contributed by atoms with Crippen LogP contribution >= 0.6 is 11.3 Å². The number of fused-ring (bicyclic) bond motifs is 1. The number of carbonyl (C=O) groups excluding carboxylic acids is 2. The van der Waals surface area contributed by atoms with Gasteiger partial charge in [-0.15, -0.1) is 0 Å². The summed E-state index contributed by atoms with van der Waals surface area (Å²) in [5.41, 5.74) is 14.2. The van der Waals surface area contributed by atoms with Crippen molar-refractivity contribution in [2.45, 2.75) is 26.7 Å². The Kier molecular flexibility index (Phi) is 3.64. The molecule has 0 saturated carbocycles. The van der Waals surface area contributed by atoms with E-state index in [-0.39, 0.29) is 5.91 Å². The Bertz CT molecular complexity index is 848. The smallest absolute Gasteiger partial charge is 0.244 e. The van der Waals surface area contributed by atoms with Crippen molar-refractivity contribution in [1.82, 2.24) is 14.5 Å². The van der Waals surface area contributed by atoms with E-state index in [1.54, 1.807) is 6.08 Å².